The molecule has 0 aliphatic carbocycles. The van der Waals surface area contributed by atoms with E-state index in [2.05, 4.69) is 5.32 Å². The highest BCUT2D eigenvalue weighted by Crippen LogP contribution is 2.16. The predicted molar refractivity (Wildman–Crippen MR) is 99.7 cm³/mol. The van der Waals surface area contributed by atoms with Crippen LogP contribution in [0.4, 0.5) is 5.69 Å². The lowest BCUT2D eigenvalue weighted by molar-refractivity contribution is 0.0827. The summed E-state index contributed by atoms with van der Waals surface area (Å²) >= 11 is 0. The maximum atomic E-state index is 12.3. The van der Waals surface area contributed by atoms with E-state index in [9.17, 15) is 18.0 Å². The van der Waals surface area contributed by atoms with E-state index in [0.717, 1.165) is 4.31 Å². The Balaban J connectivity index is 2.12. The first-order valence-electron chi connectivity index (χ1n) is 7.78. The van der Waals surface area contributed by atoms with Gasteiger partial charge in [-0.2, -0.15) is 0 Å². The number of hydrogen-bond acceptors (Lipinski definition) is 4. The molecular weight excluding hydrogens is 354 g/mol. The van der Waals surface area contributed by atoms with E-state index in [1.807, 2.05) is 0 Å². The van der Waals surface area contributed by atoms with Gasteiger partial charge in [-0.3, -0.25) is 9.59 Å². The molecule has 0 bridgehead atoms. The molecule has 1 N–H and O–H groups in total. The number of anilines is 1. The van der Waals surface area contributed by atoms with E-state index < -0.39 is 10.0 Å². The molecule has 0 aliphatic rings. The summed E-state index contributed by atoms with van der Waals surface area (Å²) in [5, 5.41) is 2.71. The Kier molecular flexibility index (Phi) is 5.79. The second-order valence-electron chi connectivity index (χ2n) is 6.04. The van der Waals surface area contributed by atoms with Gasteiger partial charge < -0.3 is 10.2 Å². The van der Waals surface area contributed by atoms with Crippen molar-refractivity contribution in [2.75, 3.05) is 33.5 Å². The zero-order chi connectivity index (χ0) is 19.5. The van der Waals surface area contributed by atoms with Gasteiger partial charge in [-0.25, -0.2) is 12.7 Å². The Labute approximate surface area is 153 Å². The van der Waals surface area contributed by atoms with Crippen molar-refractivity contribution >= 4 is 27.5 Å². The molecule has 7 nitrogen and oxygen atoms in total. The molecule has 0 saturated heterocycles. The Hall–Kier alpha value is -2.71. The molecule has 0 aromatic heterocycles. The summed E-state index contributed by atoms with van der Waals surface area (Å²) in [7, 11) is 2.69. The highest BCUT2D eigenvalue weighted by atomic mass is 32.2. The minimum absolute atomic E-state index is 0.116. The average molecular weight is 375 g/mol. The number of benzene rings is 2. The van der Waals surface area contributed by atoms with E-state index in [0.29, 0.717) is 16.8 Å². The minimum atomic E-state index is -3.53. The van der Waals surface area contributed by atoms with Crippen LogP contribution in [0.5, 0.6) is 0 Å². The molecule has 0 atom stereocenters. The molecule has 8 heteroatoms. The molecule has 0 spiro atoms. The SMILES string of the molecule is CN(C)C(=O)c1ccc(NC(=O)c2ccc(S(=O)(=O)N(C)C)cc2)cc1. The lowest BCUT2D eigenvalue weighted by atomic mass is 10.1. The van der Waals surface area contributed by atoms with E-state index >= 15 is 0 Å². The molecule has 0 unspecified atom stereocenters. The first-order valence-corrected chi connectivity index (χ1v) is 9.22. The van der Waals surface area contributed by atoms with Crippen LogP contribution in [0.1, 0.15) is 20.7 Å². The normalized spacial score (nSPS) is 11.3. The van der Waals surface area contributed by atoms with Crippen LogP contribution in [0, 0.1) is 0 Å². The third kappa shape index (κ3) is 4.27. The van der Waals surface area contributed by atoms with E-state index in [-0.39, 0.29) is 16.7 Å². The zero-order valence-corrected chi connectivity index (χ0v) is 15.9. The summed E-state index contributed by atoms with van der Waals surface area (Å²) < 4.78 is 25.2. The van der Waals surface area contributed by atoms with Crippen molar-refractivity contribution in [2.24, 2.45) is 0 Å². The second-order valence-corrected chi connectivity index (χ2v) is 8.19. The number of rotatable bonds is 5. The lowest BCUT2D eigenvalue weighted by Crippen LogP contribution is -2.22. The van der Waals surface area contributed by atoms with Crippen LogP contribution in [-0.4, -0.2) is 57.6 Å². The van der Waals surface area contributed by atoms with Gasteiger partial charge in [0, 0.05) is 45.0 Å². The van der Waals surface area contributed by atoms with Gasteiger partial charge in [-0.15, -0.1) is 0 Å². The van der Waals surface area contributed by atoms with Crippen molar-refractivity contribution in [2.45, 2.75) is 4.90 Å². The van der Waals surface area contributed by atoms with Gasteiger partial charge in [0.25, 0.3) is 11.8 Å². The molecule has 2 aromatic carbocycles. The smallest absolute Gasteiger partial charge is 0.255 e. The highest BCUT2D eigenvalue weighted by molar-refractivity contribution is 7.89. The van der Waals surface area contributed by atoms with Crippen molar-refractivity contribution in [1.82, 2.24) is 9.21 Å². The van der Waals surface area contributed by atoms with Crippen molar-refractivity contribution in [3.63, 3.8) is 0 Å². The molecule has 0 fully saturated rings. The Morgan fingerprint density at radius 3 is 1.77 bits per heavy atom. The third-order valence-electron chi connectivity index (χ3n) is 3.69. The van der Waals surface area contributed by atoms with Crippen molar-refractivity contribution in [3.05, 3.63) is 59.7 Å². The Morgan fingerprint density at radius 1 is 0.808 bits per heavy atom. The maximum absolute atomic E-state index is 12.3. The molecule has 2 rings (SSSR count). The first kappa shape index (κ1) is 19.6. The summed E-state index contributed by atoms with van der Waals surface area (Å²) in [4.78, 5) is 25.7. The van der Waals surface area contributed by atoms with Gasteiger partial charge in [-0.1, -0.05) is 0 Å². The molecule has 0 radical (unpaired) electrons. The van der Waals surface area contributed by atoms with Gasteiger partial charge in [-0.05, 0) is 48.5 Å². The minimum Gasteiger partial charge on any atom is -0.345 e. The molecule has 2 aromatic rings. The van der Waals surface area contributed by atoms with Crippen molar-refractivity contribution in [3.8, 4) is 0 Å². The first-order chi connectivity index (χ1) is 12.1. The van der Waals surface area contributed by atoms with E-state index in [4.69, 9.17) is 0 Å². The van der Waals surface area contributed by atoms with Crippen LogP contribution in [-0.2, 0) is 10.0 Å². The molecule has 138 valence electrons. The lowest BCUT2D eigenvalue weighted by Gasteiger charge is -2.12. The zero-order valence-electron chi connectivity index (χ0n) is 15.1. The van der Waals surface area contributed by atoms with Crippen LogP contribution < -0.4 is 5.32 Å². The molecule has 0 aliphatic heterocycles. The largest absolute Gasteiger partial charge is 0.345 e. The molecule has 26 heavy (non-hydrogen) atoms. The monoisotopic (exact) mass is 375 g/mol. The van der Waals surface area contributed by atoms with Crippen molar-refractivity contribution in [1.29, 1.82) is 0 Å². The van der Waals surface area contributed by atoms with Crippen LogP contribution >= 0.6 is 0 Å². The Morgan fingerprint density at radius 2 is 1.31 bits per heavy atom. The van der Waals surface area contributed by atoms with Crippen LogP contribution in [0.25, 0.3) is 0 Å². The summed E-state index contributed by atoms with van der Waals surface area (Å²) in [5.74, 6) is -0.494. The summed E-state index contributed by atoms with van der Waals surface area (Å²) in [6.45, 7) is 0. The van der Waals surface area contributed by atoms with Gasteiger partial charge in [0.05, 0.1) is 4.90 Å². The molecule has 0 heterocycles. The van der Waals surface area contributed by atoms with Crippen LogP contribution in [0.3, 0.4) is 0 Å². The van der Waals surface area contributed by atoms with Gasteiger partial charge >= 0.3 is 0 Å². The van der Waals surface area contributed by atoms with Gasteiger partial charge in [0.2, 0.25) is 10.0 Å². The number of carbonyl (C=O) groups is 2. The summed E-state index contributed by atoms with van der Waals surface area (Å²) in [6, 6.07) is 12.2. The summed E-state index contributed by atoms with van der Waals surface area (Å²) in [6.07, 6.45) is 0. The number of amides is 2. The molecule has 2 amide bonds. The van der Waals surface area contributed by atoms with Crippen LogP contribution in [0.2, 0.25) is 0 Å². The van der Waals surface area contributed by atoms with Gasteiger partial charge in [0.1, 0.15) is 0 Å². The highest BCUT2D eigenvalue weighted by Gasteiger charge is 2.17. The number of nitrogens with one attached hydrogen (secondary N) is 1. The number of nitrogens with zero attached hydrogens (tertiary/aromatic N) is 2. The fraction of sp³-hybridized carbons (Fsp3) is 0.222. The summed E-state index contributed by atoms with van der Waals surface area (Å²) in [5.41, 5.74) is 1.39. The van der Waals surface area contributed by atoms with E-state index in [1.165, 1.54) is 43.3 Å². The fourth-order valence-electron chi connectivity index (χ4n) is 2.15. The fourth-order valence-corrected chi connectivity index (χ4v) is 3.05. The number of carbonyl (C=O) groups excluding carboxylic acids is 2. The van der Waals surface area contributed by atoms with Crippen molar-refractivity contribution < 1.29 is 18.0 Å². The standard InChI is InChI=1S/C18H21N3O4S/c1-20(2)18(23)14-5-9-15(10-6-14)19-17(22)13-7-11-16(12-8-13)26(24,25)21(3)4/h5-12H,1-4H3,(H,19,22). The number of hydrogen-bond donors (Lipinski definition) is 1. The molecular formula is C18H21N3O4S. The maximum Gasteiger partial charge on any atom is 0.255 e. The number of sulfonamides is 1. The Bertz CT molecular complexity index is 902. The second kappa shape index (κ2) is 7.67. The van der Waals surface area contributed by atoms with Crippen LogP contribution in [0.15, 0.2) is 53.4 Å². The topological polar surface area (TPSA) is 86.8 Å². The predicted octanol–water partition coefficient (Wildman–Crippen LogP) is 1.89. The van der Waals surface area contributed by atoms with Gasteiger partial charge in [0.15, 0.2) is 0 Å². The quantitative estimate of drug-likeness (QED) is 0.865. The average Bonchev–Trinajstić information content (AvgIpc) is 2.61. The third-order valence-corrected chi connectivity index (χ3v) is 5.52. The van der Waals surface area contributed by atoms with E-state index in [1.54, 1.807) is 38.4 Å². The molecule has 0 saturated carbocycles.